The molecule has 0 saturated heterocycles. The first-order valence-corrected chi connectivity index (χ1v) is 5.32. The second-order valence-corrected chi connectivity index (χ2v) is 4.24. The molecule has 1 atom stereocenters. The van der Waals surface area contributed by atoms with Crippen LogP contribution in [-0.4, -0.2) is 38.2 Å². The predicted molar refractivity (Wildman–Crippen MR) is 59.5 cm³/mol. The smallest absolute Gasteiger partial charge is 0.326 e. The van der Waals surface area contributed by atoms with Gasteiger partial charge in [0.25, 0.3) is 5.91 Å². The minimum Gasteiger partial charge on any atom is -0.480 e. The van der Waals surface area contributed by atoms with Gasteiger partial charge in [-0.05, 0) is 19.3 Å². The standard InChI is InChI=1S/C10H16N4O3/c1-5(2)4-7(10(16)17)12-9(15)8-11-6(3)13-14-8/h5,7H,4H2,1-3H3,(H,12,15)(H,16,17)(H,11,13,14)/t7-/m0/s1. The molecule has 0 aromatic carbocycles. The number of nitrogens with zero attached hydrogens (tertiary/aromatic N) is 2. The van der Waals surface area contributed by atoms with E-state index in [4.69, 9.17) is 5.11 Å². The van der Waals surface area contributed by atoms with Gasteiger partial charge in [-0.3, -0.25) is 9.89 Å². The highest BCUT2D eigenvalue weighted by molar-refractivity contribution is 5.93. The Morgan fingerprint density at radius 1 is 1.47 bits per heavy atom. The molecule has 0 bridgehead atoms. The lowest BCUT2D eigenvalue weighted by atomic mass is 10.0. The summed E-state index contributed by atoms with van der Waals surface area (Å²) in [4.78, 5) is 26.4. The Labute approximate surface area is 98.6 Å². The fourth-order valence-electron chi connectivity index (χ4n) is 1.36. The van der Waals surface area contributed by atoms with Crippen molar-refractivity contribution in [2.75, 3.05) is 0 Å². The van der Waals surface area contributed by atoms with E-state index in [-0.39, 0.29) is 11.7 Å². The van der Waals surface area contributed by atoms with Crippen LogP contribution in [0.25, 0.3) is 0 Å². The number of nitrogens with one attached hydrogen (secondary N) is 2. The number of hydrogen-bond acceptors (Lipinski definition) is 4. The number of aromatic amines is 1. The third kappa shape index (κ3) is 3.86. The van der Waals surface area contributed by atoms with Gasteiger partial charge in [0, 0.05) is 0 Å². The molecule has 3 N–H and O–H groups in total. The van der Waals surface area contributed by atoms with Gasteiger partial charge in [-0.15, -0.1) is 5.10 Å². The van der Waals surface area contributed by atoms with E-state index in [9.17, 15) is 9.59 Å². The highest BCUT2D eigenvalue weighted by Gasteiger charge is 2.23. The van der Waals surface area contributed by atoms with Gasteiger partial charge >= 0.3 is 5.97 Å². The van der Waals surface area contributed by atoms with Crippen LogP contribution in [-0.2, 0) is 4.79 Å². The van der Waals surface area contributed by atoms with Gasteiger partial charge in [0.15, 0.2) is 0 Å². The summed E-state index contributed by atoms with van der Waals surface area (Å²) < 4.78 is 0. The van der Waals surface area contributed by atoms with Crippen LogP contribution < -0.4 is 5.32 Å². The average Bonchev–Trinajstić information content (AvgIpc) is 2.63. The SMILES string of the molecule is Cc1nc(C(=O)N[C@@H](CC(C)C)C(=O)O)n[nH]1. The molecule has 1 heterocycles. The molecule has 1 aromatic rings. The number of rotatable bonds is 5. The molecule has 1 aromatic heterocycles. The highest BCUT2D eigenvalue weighted by Crippen LogP contribution is 2.05. The van der Waals surface area contributed by atoms with Crippen LogP contribution in [0.1, 0.15) is 36.7 Å². The number of carbonyl (C=O) groups excluding carboxylic acids is 1. The van der Waals surface area contributed by atoms with E-state index in [0.29, 0.717) is 12.2 Å². The molecule has 1 amide bonds. The maximum absolute atomic E-state index is 11.6. The van der Waals surface area contributed by atoms with Gasteiger partial charge in [-0.2, -0.15) is 0 Å². The lowest BCUT2D eigenvalue weighted by Crippen LogP contribution is -2.42. The van der Waals surface area contributed by atoms with Crippen molar-refractivity contribution in [3.8, 4) is 0 Å². The highest BCUT2D eigenvalue weighted by atomic mass is 16.4. The summed E-state index contributed by atoms with van der Waals surface area (Å²) in [7, 11) is 0. The van der Waals surface area contributed by atoms with Crippen LogP contribution in [0.2, 0.25) is 0 Å². The van der Waals surface area contributed by atoms with Gasteiger partial charge in [0.1, 0.15) is 11.9 Å². The fraction of sp³-hybridized carbons (Fsp3) is 0.600. The van der Waals surface area contributed by atoms with Gasteiger partial charge < -0.3 is 10.4 Å². The Kier molecular flexibility index (Phi) is 4.19. The van der Waals surface area contributed by atoms with Crippen LogP contribution in [0.3, 0.4) is 0 Å². The molecular weight excluding hydrogens is 224 g/mol. The lowest BCUT2D eigenvalue weighted by molar-refractivity contribution is -0.139. The quantitative estimate of drug-likeness (QED) is 0.687. The summed E-state index contributed by atoms with van der Waals surface area (Å²) in [6.07, 6.45) is 0.366. The Balaban J connectivity index is 2.67. The van der Waals surface area contributed by atoms with E-state index in [1.165, 1.54) is 0 Å². The second kappa shape index (κ2) is 5.42. The maximum atomic E-state index is 11.6. The minimum atomic E-state index is -1.06. The predicted octanol–water partition coefficient (Wildman–Crippen LogP) is 0.342. The van der Waals surface area contributed by atoms with Gasteiger partial charge in [0.2, 0.25) is 5.82 Å². The van der Waals surface area contributed by atoms with Crippen LogP contribution in [0.4, 0.5) is 0 Å². The Hall–Kier alpha value is -1.92. The van der Waals surface area contributed by atoms with E-state index in [0.717, 1.165) is 0 Å². The van der Waals surface area contributed by atoms with Crippen molar-refractivity contribution in [1.82, 2.24) is 20.5 Å². The van der Waals surface area contributed by atoms with Crippen molar-refractivity contribution in [3.05, 3.63) is 11.6 Å². The number of aryl methyl sites for hydroxylation is 1. The number of carbonyl (C=O) groups is 2. The summed E-state index contributed by atoms with van der Waals surface area (Å²) in [6, 6.07) is -0.915. The molecule has 0 aliphatic carbocycles. The zero-order valence-electron chi connectivity index (χ0n) is 10.0. The molecule has 0 aliphatic rings. The molecular formula is C10H16N4O3. The molecule has 0 unspecified atom stereocenters. The van der Waals surface area contributed by atoms with Crippen LogP contribution >= 0.6 is 0 Å². The first kappa shape index (κ1) is 13.1. The number of amides is 1. The third-order valence-electron chi connectivity index (χ3n) is 2.11. The van der Waals surface area contributed by atoms with Crippen molar-refractivity contribution in [3.63, 3.8) is 0 Å². The number of carboxylic acids is 1. The van der Waals surface area contributed by atoms with E-state index in [2.05, 4.69) is 20.5 Å². The molecule has 0 aliphatic heterocycles. The van der Waals surface area contributed by atoms with Crippen LogP contribution in [0, 0.1) is 12.8 Å². The van der Waals surface area contributed by atoms with E-state index < -0.39 is 17.9 Å². The van der Waals surface area contributed by atoms with Gasteiger partial charge in [-0.1, -0.05) is 13.8 Å². The number of hydrogen-bond donors (Lipinski definition) is 3. The van der Waals surface area contributed by atoms with Crippen LogP contribution in [0.5, 0.6) is 0 Å². The minimum absolute atomic E-state index is 0.0440. The Morgan fingerprint density at radius 3 is 2.53 bits per heavy atom. The van der Waals surface area contributed by atoms with Crippen molar-refractivity contribution in [2.24, 2.45) is 5.92 Å². The number of aromatic nitrogens is 3. The van der Waals surface area contributed by atoms with Gasteiger partial charge in [0.05, 0.1) is 0 Å². The molecule has 7 heteroatoms. The number of aliphatic carboxylic acids is 1. The largest absolute Gasteiger partial charge is 0.480 e. The Bertz CT molecular complexity index is 413. The fourth-order valence-corrected chi connectivity index (χ4v) is 1.36. The monoisotopic (exact) mass is 240 g/mol. The third-order valence-corrected chi connectivity index (χ3v) is 2.11. The normalized spacial score (nSPS) is 12.5. The Morgan fingerprint density at radius 2 is 2.12 bits per heavy atom. The molecule has 0 radical (unpaired) electrons. The van der Waals surface area contributed by atoms with Gasteiger partial charge in [-0.25, -0.2) is 9.78 Å². The molecule has 0 spiro atoms. The zero-order valence-corrected chi connectivity index (χ0v) is 10.0. The molecule has 7 nitrogen and oxygen atoms in total. The van der Waals surface area contributed by atoms with E-state index in [1.807, 2.05) is 13.8 Å². The van der Waals surface area contributed by atoms with Crippen molar-refractivity contribution in [2.45, 2.75) is 33.2 Å². The molecule has 94 valence electrons. The van der Waals surface area contributed by atoms with Crippen LogP contribution in [0.15, 0.2) is 0 Å². The van der Waals surface area contributed by atoms with E-state index >= 15 is 0 Å². The summed E-state index contributed by atoms with van der Waals surface area (Å²) in [5.41, 5.74) is 0. The van der Waals surface area contributed by atoms with E-state index in [1.54, 1.807) is 6.92 Å². The van der Waals surface area contributed by atoms with Crippen molar-refractivity contribution < 1.29 is 14.7 Å². The topological polar surface area (TPSA) is 108 Å². The van der Waals surface area contributed by atoms with Crippen molar-refractivity contribution in [1.29, 1.82) is 0 Å². The summed E-state index contributed by atoms with van der Waals surface area (Å²) in [5.74, 6) is -1.00. The second-order valence-electron chi connectivity index (χ2n) is 4.24. The zero-order chi connectivity index (χ0) is 13.0. The molecule has 1 rings (SSSR count). The lowest BCUT2D eigenvalue weighted by Gasteiger charge is -2.15. The first-order valence-electron chi connectivity index (χ1n) is 5.32. The first-order chi connectivity index (χ1) is 7.90. The maximum Gasteiger partial charge on any atom is 0.326 e. The molecule has 17 heavy (non-hydrogen) atoms. The number of carboxylic acid groups (broad SMARTS) is 1. The number of H-pyrrole nitrogens is 1. The molecule has 0 saturated carbocycles. The molecule has 0 fully saturated rings. The van der Waals surface area contributed by atoms with Crippen molar-refractivity contribution >= 4 is 11.9 Å². The average molecular weight is 240 g/mol. The summed E-state index contributed by atoms with van der Waals surface area (Å²) in [6.45, 7) is 5.44. The summed E-state index contributed by atoms with van der Waals surface area (Å²) in [5, 5.41) is 17.5. The summed E-state index contributed by atoms with van der Waals surface area (Å²) >= 11 is 0.